The minimum Gasteiger partial charge on any atom is -0.388 e. The molecule has 0 saturated heterocycles. The van der Waals surface area contributed by atoms with E-state index in [1.165, 1.54) is 23.6 Å². The third kappa shape index (κ3) is 2.67. The number of aromatic amines is 1. The fraction of sp³-hybridized carbons (Fsp3) is 0.615. The van der Waals surface area contributed by atoms with Crippen LogP contribution in [0.4, 0.5) is 5.82 Å². The van der Waals surface area contributed by atoms with E-state index < -0.39 is 5.60 Å². The second kappa shape index (κ2) is 5.24. The van der Waals surface area contributed by atoms with Gasteiger partial charge in [-0.1, -0.05) is 25.7 Å². The molecule has 1 aliphatic carbocycles. The monoisotopic (exact) mass is 277 g/mol. The molecular formula is C13H19N5O2. The highest BCUT2D eigenvalue weighted by atomic mass is 16.3. The van der Waals surface area contributed by atoms with Gasteiger partial charge in [-0.15, -0.1) is 0 Å². The van der Waals surface area contributed by atoms with Gasteiger partial charge in [0.2, 0.25) is 0 Å². The van der Waals surface area contributed by atoms with Gasteiger partial charge < -0.3 is 10.4 Å². The molecule has 1 aliphatic rings. The number of nitrogens with zero attached hydrogens (tertiary/aromatic N) is 3. The third-order valence-corrected chi connectivity index (χ3v) is 3.94. The minimum absolute atomic E-state index is 0.304. The second-order valence-electron chi connectivity index (χ2n) is 5.52. The molecule has 7 heteroatoms. The number of hydrogen-bond acceptors (Lipinski definition) is 5. The molecule has 7 nitrogen and oxygen atoms in total. The first kappa shape index (κ1) is 13.1. The van der Waals surface area contributed by atoms with Gasteiger partial charge in [-0.2, -0.15) is 5.10 Å². The molecule has 3 N–H and O–H groups in total. The zero-order chi connectivity index (χ0) is 14.0. The highest BCUT2D eigenvalue weighted by molar-refractivity contribution is 5.48. The van der Waals surface area contributed by atoms with E-state index >= 15 is 0 Å². The maximum atomic E-state index is 11.3. The summed E-state index contributed by atoms with van der Waals surface area (Å²) in [7, 11) is 0. The third-order valence-electron chi connectivity index (χ3n) is 3.94. The molecule has 2 aromatic rings. The number of H-pyrrole nitrogens is 1. The molecule has 3 rings (SSSR count). The molecule has 1 fully saturated rings. The highest BCUT2D eigenvalue weighted by Crippen LogP contribution is 2.27. The van der Waals surface area contributed by atoms with Crippen molar-refractivity contribution in [2.24, 2.45) is 0 Å². The van der Waals surface area contributed by atoms with Crippen molar-refractivity contribution in [3.8, 4) is 0 Å². The molecule has 0 atom stereocenters. The summed E-state index contributed by atoms with van der Waals surface area (Å²) in [6.45, 7) is 0.477. The van der Waals surface area contributed by atoms with Crippen molar-refractivity contribution in [2.75, 3.05) is 11.9 Å². The van der Waals surface area contributed by atoms with Gasteiger partial charge in [0.15, 0.2) is 5.65 Å². The lowest BCUT2D eigenvalue weighted by atomic mass is 9.94. The van der Waals surface area contributed by atoms with Gasteiger partial charge in [0.1, 0.15) is 12.1 Å². The summed E-state index contributed by atoms with van der Waals surface area (Å²) < 4.78 is 1.34. The molecule has 0 spiro atoms. The molecule has 20 heavy (non-hydrogen) atoms. The number of rotatable bonds is 3. The Hall–Kier alpha value is -1.89. The smallest absolute Gasteiger partial charge is 0.348 e. The van der Waals surface area contributed by atoms with Crippen molar-refractivity contribution in [3.63, 3.8) is 0 Å². The molecule has 0 bridgehead atoms. The lowest BCUT2D eigenvalue weighted by Crippen LogP contribution is -2.36. The maximum Gasteiger partial charge on any atom is 0.348 e. The summed E-state index contributed by atoms with van der Waals surface area (Å²) in [6.07, 6.45) is 7.61. The Morgan fingerprint density at radius 3 is 2.85 bits per heavy atom. The van der Waals surface area contributed by atoms with Crippen molar-refractivity contribution >= 4 is 11.5 Å². The van der Waals surface area contributed by atoms with E-state index in [1.807, 2.05) is 0 Å². The van der Waals surface area contributed by atoms with E-state index in [-0.39, 0.29) is 5.69 Å². The van der Waals surface area contributed by atoms with E-state index in [0.29, 0.717) is 18.0 Å². The first-order valence-electron chi connectivity index (χ1n) is 7.05. The molecule has 0 amide bonds. The number of hydrogen-bond donors (Lipinski definition) is 3. The molecule has 2 heterocycles. The normalized spacial score (nSPS) is 18.9. The Kier molecular flexibility index (Phi) is 3.43. The molecular weight excluding hydrogens is 258 g/mol. The van der Waals surface area contributed by atoms with Crippen LogP contribution in [0.2, 0.25) is 0 Å². The lowest BCUT2D eigenvalue weighted by molar-refractivity contribution is 0.0380. The molecule has 0 aliphatic heterocycles. The van der Waals surface area contributed by atoms with Gasteiger partial charge >= 0.3 is 5.69 Å². The summed E-state index contributed by atoms with van der Waals surface area (Å²) in [5.41, 5.74) is -0.447. The molecule has 0 unspecified atom stereocenters. The summed E-state index contributed by atoms with van der Waals surface area (Å²) in [5.74, 6) is 0.620. The van der Waals surface area contributed by atoms with E-state index in [9.17, 15) is 9.90 Å². The second-order valence-corrected chi connectivity index (χ2v) is 5.52. The van der Waals surface area contributed by atoms with Crippen molar-refractivity contribution < 1.29 is 5.11 Å². The Morgan fingerprint density at radius 2 is 2.10 bits per heavy atom. The van der Waals surface area contributed by atoms with Crippen LogP contribution in [-0.4, -0.2) is 36.8 Å². The molecule has 2 aromatic heterocycles. The van der Waals surface area contributed by atoms with Crippen LogP contribution in [0.1, 0.15) is 38.5 Å². The van der Waals surface area contributed by atoms with Crippen LogP contribution >= 0.6 is 0 Å². The predicted molar refractivity (Wildman–Crippen MR) is 74.7 cm³/mol. The molecule has 1 saturated carbocycles. The molecule has 0 aromatic carbocycles. The summed E-state index contributed by atoms with van der Waals surface area (Å²) >= 11 is 0. The maximum absolute atomic E-state index is 11.3. The highest BCUT2D eigenvalue weighted by Gasteiger charge is 2.27. The van der Waals surface area contributed by atoms with E-state index in [0.717, 1.165) is 25.7 Å². The van der Waals surface area contributed by atoms with E-state index in [2.05, 4.69) is 20.5 Å². The van der Waals surface area contributed by atoms with Crippen molar-refractivity contribution in [1.29, 1.82) is 0 Å². The van der Waals surface area contributed by atoms with E-state index in [1.54, 1.807) is 6.07 Å². The Bertz CT molecular complexity index is 639. The summed E-state index contributed by atoms with van der Waals surface area (Å²) in [4.78, 5) is 15.5. The minimum atomic E-state index is -0.657. The van der Waals surface area contributed by atoms with Crippen LogP contribution in [0, 0.1) is 0 Å². The van der Waals surface area contributed by atoms with Crippen molar-refractivity contribution in [1.82, 2.24) is 19.6 Å². The fourth-order valence-corrected chi connectivity index (χ4v) is 2.72. The number of nitrogens with one attached hydrogen (secondary N) is 2. The largest absolute Gasteiger partial charge is 0.388 e. The molecule has 0 radical (unpaired) electrons. The molecule has 108 valence electrons. The van der Waals surface area contributed by atoms with Crippen molar-refractivity contribution in [3.05, 3.63) is 22.9 Å². The Labute approximate surface area is 116 Å². The number of aliphatic hydroxyl groups is 1. The quantitative estimate of drug-likeness (QED) is 0.725. The van der Waals surface area contributed by atoms with E-state index in [4.69, 9.17) is 0 Å². The van der Waals surface area contributed by atoms with Crippen LogP contribution in [0.3, 0.4) is 0 Å². The van der Waals surface area contributed by atoms with Crippen LogP contribution in [-0.2, 0) is 0 Å². The Morgan fingerprint density at radius 1 is 1.35 bits per heavy atom. The first-order valence-corrected chi connectivity index (χ1v) is 7.05. The van der Waals surface area contributed by atoms with Gasteiger partial charge in [-0.05, 0) is 12.8 Å². The standard InChI is InChI=1S/C13H19N5O2/c19-12-17-16-11-7-10(15-9-18(11)12)14-8-13(20)5-3-1-2-4-6-13/h7,9,14,20H,1-6,8H2,(H,17,19). The van der Waals surface area contributed by atoms with Crippen molar-refractivity contribution in [2.45, 2.75) is 44.1 Å². The van der Waals surface area contributed by atoms with Gasteiger partial charge in [-0.25, -0.2) is 19.3 Å². The van der Waals surface area contributed by atoms with Gasteiger partial charge in [0.05, 0.1) is 5.60 Å². The van der Waals surface area contributed by atoms with Crippen LogP contribution in [0.15, 0.2) is 17.2 Å². The number of anilines is 1. The Balaban J connectivity index is 1.71. The number of aromatic nitrogens is 4. The average molecular weight is 277 g/mol. The zero-order valence-corrected chi connectivity index (χ0v) is 11.3. The topological polar surface area (TPSA) is 95.3 Å². The lowest BCUT2D eigenvalue weighted by Gasteiger charge is -2.27. The number of fused-ring (bicyclic) bond motifs is 1. The summed E-state index contributed by atoms with van der Waals surface area (Å²) in [6, 6.07) is 1.69. The zero-order valence-electron chi connectivity index (χ0n) is 11.3. The fourth-order valence-electron chi connectivity index (χ4n) is 2.72. The first-order chi connectivity index (χ1) is 9.66. The van der Waals surface area contributed by atoms with Gasteiger partial charge in [0.25, 0.3) is 0 Å². The SMILES string of the molecule is O=c1[nH]nc2cc(NCC3(O)CCCCCC3)ncn12. The van der Waals surface area contributed by atoms with Crippen LogP contribution in [0.25, 0.3) is 5.65 Å². The average Bonchev–Trinajstić information content (AvgIpc) is 2.68. The summed E-state index contributed by atoms with van der Waals surface area (Å²) in [5, 5.41) is 20.0. The van der Waals surface area contributed by atoms with Crippen LogP contribution in [0.5, 0.6) is 0 Å². The van der Waals surface area contributed by atoms with Gasteiger partial charge in [0, 0.05) is 12.6 Å². The predicted octanol–water partition coefficient (Wildman–Crippen LogP) is 0.915. The van der Waals surface area contributed by atoms with Crippen LogP contribution < -0.4 is 11.0 Å². The van der Waals surface area contributed by atoms with Gasteiger partial charge in [-0.3, -0.25) is 0 Å².